The number of hydrogen-bond donors (Lipinski definition) is 3. The lowest BCUT2D eigenvalue weighted by Crippen LogP contribution is -2.40. The summed E-state index contributed by atoms with van der Waals surface area (Å²) < 4.78 is 5.93. The van der Waals surface area contributed by atoms with Gasteiger partial charge in [-0.25, -0.2) is 4.79 Å². The average molecular weight is 675 g/mol. The number of amides is 1. The molecule has 7 nitrogen and oxygen atoms in total. The van der Waals surface area contributed by atoms with E-state index in [9.17, 15) is 19.5 Å². The number of ether oxygens (including phenoxy) is 1. The van der Waals surface area contributed by atoms with Crippen molar-refractivity contribution < 1.29 is 24.2 Å². The van der Waals surface area contributed by atoms with Crippen LogP contribution >= 0.6 is 0 Å². The summed E-state index contributed by atoms with van der Waals surface area (Å²) in [7, 11) is 0. The Morgan fingerprint density at radius 2 is 1.19 bits per heavy atom. The summed E-state index contributed by atoms with van der Waals surface area (Å²) in [6.07, 6.45) is 40.6. The minimum Gasteiger partial charge on any atom is -0.480 e. The molecule has 0 aromatic carbocycles. The van der Waals surface area contributed by atoms with E-state index < -0.39 is 12.0 Å². The molecule has 0 fully saturated rings. The lowest BCUT2D eigenvalue weighted by Gasteiger charge is -2.15. The number of allylic oxidation sites excluding steroid dienone is 5. The summed E-state index contributed by atoms with van der Waals surface area (Å²) in [4.78, 5) is 36.1. The molecule has 278 valence electrons. The normalized spacial score (nSPS) is 13.1. The number of nitrogens with one attached hydrogen (secondary N) is 1. The van der Waals surface area contributed by atoms with Gasteiger partial charge < -0.3 is 20.9 Å². The zero-order valence-electron chi connectivity index (χ0n) is 31.1. The third kappa shape index (κ3) is 32.2. The second-order valence-electron chi connectivity index (χ2n) is 13.3. The van der Waals surface area contributed by atoms with Gasteiger partial charge in [-0.05, 0) is 89.7 Å². The van der Waals surface area contributed by atoms with E-state index in [1.807, 2.05) is 0 Å². The highest BCUT2D eigenvalue weighted by molar-refractivity contribution is 5.83. The first-order valence-electron chi connectivity index (χ1n) is 19.8. The lowest BCUT2D eigenvalue weighted by atomic mass is 10.0. The number of hydrogen-bond acceptors (Lipinski definition) is 5. The second kappa shape index (κ2) is 35.9. The number of esters is 1. The van der Waals surface area contributed by atoms with Gasteiger partial charge in [0.15, 0.2) is 0 Å². The Labute approximate surface area is 295 Å². The first kappa shape index (κ1) is 45.6. The Bertz CT molecular complexity index is 854. The molecule has 48 heavy (non-hydrogen) atoms. The van der Waals surface area contributed by atoms with Crippen LogP contribution in [0, 0.1) is 0 Å². The molecule has 0 rings (SSSR count). The van der Waals surface area contributed by atoms with Crippen molar-refractivity contribution >= 4 is 17.8 Å². The van der Waals surface area contributed by atoms with Gasteiger partial charge in [0.2, 0.25) is 5.91 Å². The molecule has 0 aromatic heterocycles. The van der Waals surface area contributed by atoms with Crippen LogP contribution in [0.15, 0.2) is 36.5 Å². The van der Waals surface area contributed by atoms with Crippen molar-refractivity contribution in [2.24, 2.45) is 5.73 Å². The molecule has 0 aliphatic heterocycles. The number of aliphatic carboxylic acids is 1. The van der Waals surface area contributed by atoms with Gasteiger partial charge in [-0.3, -0.25) is 9.59 Å². The molecule has 7 heteroatoms. The van der Waals surface area contributed by atoms with Gasteiger partial charge in [-0.15, -0.1) is 0 Å². The first-order chi connectivity index (χ1) is 23.4. The highest BCUT2D eigenvalue weighted by Gasteiger charge is 2.18. The van der Waals surface area contributed by atoms with Gasteiger partial charge in [0.05, 0.1) is 0 Å². The van der Waals surface area contributed by atoms with Gasteiger partial charge in [-0.1, -0.05) is 128 Å². The van der Waals surface area contributed by atoms with Crippen LogP contribution in [0.1, 0.15) is 187 Å². The molecule has 2 unspecified atom stereocenters. The summed E-state index contributed by atoms with van der Waals surface area (Å²) in [5, 5.41) is 11.9. The largest absolute Gasteiger partial charge is 0.480 e. The summed E-state index contributed by atoms with van der Waals surface area (Å²) in [5.74, 6) is -1.28. The Kier molecular flexibility index (Phi) is 34.1. The summed E-state index contributed by atoms with van der Waals surface area (Å²) in [6, 6.07) is -0.853. The lowest BCUT2D eigenvalue weighted by molar-refractivity contribution is -0.147. The smallest absolute Gasteiger partial charge is 0.326 e. The molecule has 0 radical (unpaired) electrons. The number of rotatable bonds is 35. The fourth-order valence-electron chi connectivity index (χ4n) is 5.63. The monoisotopic (exact) mass is 675 g/mol. The van der Waals surface area contributed by atoms with Crippen molar-refractivity contribution in [1.29, 1.82) is 0 Å². The molecular formula is C41H74N2O5. The zero-order chi connectivity index (χ0) is 35.3. The molecule has 0 saturated carbocycles. The molecule has 2 atom stereocenters. The van der Waals surface area contributed by atoms with E-state index >= 15 is 0 Å². The van der Waals surface area contributed by atoms with Gasteiger partial charge in [0, 0.05) is 12.8 Å². The number of carboxylic acid groups (broad SMARTS) is 1. The van der Waals surface area contributed by atoms with Crippen molar-refractivity contribution in [2.75, 3.05) is 6.54 Å². The number of carbonyl (C=O) groups is 3. The highest BCUT2D eigenvalue weighted by Crippen LogP contribution is 2.16. The molecule has 0 bridgehead atoms. The third-order valence-corrected chi connectivity index (χ3v) is 8.64. The van der Waals surface area contributed by atoms with E-state index in [1.165, 1.54) is 70.6 Å². The van der Waals surface area contributed by atoms with Gasteiger partial charge in [0.25, 0.3) is 0 Å². The summed E-state index contributed by atoms with van der Waals surface area (Å²) >= 11 is 0. The molecule has 0 saturated heterocycles. The maximum absolute atomic E-state index is 12.7. The number of nitrogens with two attached hydrogens (primary N) is 1. The van der Waals surface area contributed by atoms with E-state index in [-0.39, 0.29) is 18.0 Å². The Morgan fingerprint density at radius 3 is 1.81 bits per heavy atom. The Hall–Kier alpha value is -2.41. The summed E-state index contributed by atoms with van der Waals surface area (Å²) in [6.45, 7) is 4.86. The quantitative estimate of drug-likeness (QED) is 0.0350. The third-order valence-electron chi connectivity index (χ3n) is 8.64. The Balaban J connectivity index is 4.30. The fraction of sp³-hybridized carbons (Fsp3) is 0.780. The molecule has 0 aliphatic carbocycles. The van der Waals surface area contributed by atoms with Crippen molar-refractivity contribution in [3.8, 4) is 0 Å². The van der Waals surface area contributed by atoms with E-state index in [2.05, 4.69) is 55.6 Å². The van der Waals surface area contributed by atoms with E-state index in [0.29, 0.717) is 32.2 Å². The molecule has 0 aliphatic rings. The van der Waals surface area contributed by atoms with Crippen molar-refractivity contribution in [3.63, 3.8) is 0 Å². The molecule has 4 N–H and O–H groups in total. The highest BCUT2D eigenvalue weighted by atomic mass is 16.5. The minimum absolute atomic E-state index is 0.0743. The van der Waals surface area contributed by atoms with Crippen LogP contribution in [0.2, 0.25) is 0 Å². The van der Waals surface area contributed by atoms with Crippen LogP contribution in [-0.4, -0.2) is 41.6 Å². The molecular weight excluding hydrogens is 600 g/mol. The molecule has 0 aromatic rings. The van der Waals surface area contributed by atoms with Crippen LogP contribution < -0.4 is 11.1 Å². The second-order valence-corrected chi connectivity index (χ2v) is 13.3. The van der Waals surface area contributed by atoms with Crippen LogP contribution in [0.5, 0.6) is 0 Å². The minimum atomic E-state index is -1.01. The first-order valence-corrected chi connectivity index (χ1v) is 19.8. The zero-order valence-corrected chi connectivity index (χ0v) is 31.1. The van der Waals surface area contributed by atoms with Gasteiger partial charge in [-0.2, -0.15) is 0 Å². The van der Waals surface area contributed by atoms with Gasteiger partial charge in [0.1, 0.15) is 12.1 Å². The van der Waals surface area contributed by atoms with Crippen molar-refractivity contribution in [2.45, 2.75) is 199 Å². The number of carboxylic acids is 1. The number of unbranched alkanes of at least 4 members (excludes halogenated alkanes) is 17. The van der Waals surface area contributed by atoms with Crippen molar-refractivity contribution in [1.82, 2.24) is 5.32 Å². The van der Waals surface area contributed by atoms with Crippen molar-refractivity contribution in [3.05, 3.63) is 36.5 Å². The fourth-order valence-corrected chi connectivity index (χ4v) is 5.63. The van der Waals surface area contributed by atoms with E-state index in [1.54, 1.807) is 0 Å². The standard InChI is InChI=1S/C41H74N2O5/c1-3-5-7-9-11-13-14-15-16-17-19-25-29-35-40(45)48-37(31-26-22-18-12-10-8-6-4-2)32-27-23-20-21-24-28-34-39(44)43-38(41(46)47)33-30-36-42/h7,9,13-14,26,31,37-38H,3-6,8,10-12,15-25,27-30,32-36,42H2,1-2H3,(H,43,44)(H,46,47)/b9-7-,14-13-,31-26-. The molecule has 0 heterocycles. The SMILES string of the molecule is CCC/C=C\C/C=C\CCCCCCCC(=O)OC(/C=C\CCCCCCCC)CCCCCCCCC(=O)NC(CCCN)C(=O)O. The van der Waals surface area contributed by atoms with Crippen LogP contribution in [-0.2, 0) is 19.1 Å². The predicted octanol–water partition coefficient (Wildman–Crippen LogP) is 10.7. The Morgan fingerprint density at radius 1 is 0.625 bits per heavy atom. The number of carbonyl (C=O) groups excluding carboxylic acids is 2. The van der Waals surface area contributed by atoms with E-state index in [4.69, 9.17) is 10.5 Å². The topological polar surface area (TPSA) is 119 Å². The average Bonchev–Trinajstić information content (AvgIpc) is 3.07. The van der Waals surface area contributed by atoms with Crippen LogP contribution in [0.25, 0.3) is 0 Å². The van der Waals surface area contributed by atoms with Gasteiger partial charge >= 0.3 is 11.9 Å². The van der Waals surface area contributed by atoms with Crippen LogP contribution in [0.3, 0.4) is 0 Å². The maximum atomic E-state index is 12.7. The van der Waals surface area contributed by atoms with E-state index in [0.717, 1.165) is 77.0 Å². The predicted molar refractivity (Wildman–Crippen MR) is 202 cm³/mol. The van der Waals surface area contributed by atoms with Crippen LogP contribution in [0.4, 0.5) is 0 Å². The molecule has 1 amide bonds. The summed E-state index contributed by atoms with van der Waals surface area (Å²) in [5.41, 5.74) is 5.46. The molecule has 0 spiro atoms. The maximum Gasteiger partial charge on any atom is 0.326 e.